The number of rotatable bonds is 1. The lowest BCUT2D eigenvalue weighted by molar-refractivity contribution is 0.475. The Morgan fingerprint density at radius 2 is 2.00 bits per heavy atom. The Kier molecular flexibility index (Phi) is 2.23. The number of phenols is 1. The highest BCUT2D eigenvalue weighted by Gasteiger charge is 2.11. The molecule has 0 amide bonds. The van der Waals surface area contributed by atoms with E-state index in [9.17, 15) is 5.11 Å². The third-order valence-electron chi connectivity index (χ3n) is 2.64. The first-order valence-electron chi connectivity index (χ1n) is 4.89. The van der Waals surface area contributed by atoms with Gasteiger partial charge in [-0.05, 0) is 31.5 Å². The molecule has 0 bridgehead atoms. The molecule has 0 unspecified atom stereocenters. The molecule has 0 aliphatic carbocycles. The van der Waals surface area contributed by atoms with Crippen molar-refractivity contribution in [2.24, 2.45) is 7.05 Å². The number of aromatic nitrogens is 2. The van der Waals surface area contributed by atoms with Crippen LogP contribution < -0.4 is 0 Å². The molecule has 0 fully saturated rings. The lowest BCUT2D eigenvalue weighted by atomic mass is 10.0. The highest BCUT2D eigenvalue weighted by molar-refractivity contribution is 5.69. The third-order valence-corrected chi connectivity index (χ3v) is 2.64. The maximum atomic E-state index is 9.44. The SMILES string of the molecule is Cc1nn(C)c(C)c1-c1cccc(O)c1. The fraction of sp³-hybridized carbons (Fsp3) is 0.250. The zero-order valence-electron chi connectivity index (χ0n) is 9.15. The molecule has 78 valence electrons. The van der Waals surface area contributed by atoms with Crippen LogP contribution in [0.4, 0.5) is 0 Å². The zero-order valence-corrected chi connectivity index (χ0v) is 9.15. The average Bonchev–Trinajstić information content (AvgIpc) is 2.41. The Labute approximate surface area is 89.0 Å². The molecule has 2 rings (SSSR count). The Morgan fingerprint density at radius 3 is 2.53 bits per heavy atom. The number of phenolic OH excluding ortho intramolecular Hbond substituents is 1. The molecule has 1 N–H and O–H groups in total. The molecule has 2 aromatic rings. The molecule has 3 heteroatoms. The van der Waals surface area contributed by atoms with Crippen LogP contribution >= 0.6 is 0 Å². The van der Waals surface area contributed by atoms with Crippen molar-refractivity contribution < 1.29 is 5.11 Å². The molecule has 1 aromatic heterocycles. The van der Waals surface area contributed by atoms with Gasteiger partial charge in [0.05, 0.1) is 5.69 Å². The number of benzene rings is 1. The predicted molar refractivity (Wildman–Crippen MR) is 59.8 cm³/mol. The molecule has 0 saturated heterocycles. The predicted octanol–water partition coefficient (Wildman–Crippen LogP) is 2.41. The third kappa shape index (κ3) is 1.61. The fourth-order valence-electron chi connectivity index (χ4n) is 1.85. The minimum Gasteiger partial charge on any atom is -0.508 e. The summed E-state index contributed by atoms with van der Waals surface area (Å²) in [5, 5.41) is 13.8. The largest absolute Gasteiger partial charge is 0.508 e. The average molecular weight is 202 g/mol. The maximum Gasteiger partial charge on any atom is 0.116 e. The fourth-order valence-corrected chi connectivity index (χ4v) is 1.85. The number of aryl methyl sites for hydroxylation is 2. The maximum absolute atomic E-state index is 9.44. The molecule has 0 aliphatic heterocycles. The number of nitrogens with zero attached hydrogens (tertiary/aromatic N) is 2. The highest BCUT2D eigenvalue weighted by atomic mass is 16.3. The molecule has 0 aliphatic rings. The van der Waals surface area contributed by atoms with Gasteiger partial charge in [-0.15, -0.1) is 0 Å². The van der Waals surface area contributed by atoms with Crippen molar-refractivity contribution in [2.75, 3.05) is 0 Å². The van der Waals surface area contributed by atoms with Crippen LogP contribution in [0, 0.1) is 13.8 Å². The molecule has 0 saturated carbocycles. The summed E-state index contributed by atoms with van der Waals surface area (Å²) >= 11 is 0. The minimum absolute atomic E-state index is 0.287. The molecule has 0 atom stereocenters. The molecule has 1 aromatic carbocycles. The van der Waals surface area contributed by atoms with E-state index < -0.39 is 0 Å². The van der Waals surface area contributed by atoms with Crippen molar-refractivity contribution in [1.82, 2.24) is 9.78 Å². The molecule has 0 radical (unpaired) electrons. The number of hydrogen-bond donors (Lipinski definition) is 1. The van der Waals surface area contributed by atoms with Crippen LogP contribution in [0.5, 0.6) is 5.75 Å². The first kappa shape index (κ1) is 9.77. The van der Waals surface area contributed by atoms with E-state index >= 15 is 0 Å². The van der Waals surface area contributed by atoms with E-state index in [1.54, 1.807) is 12.1 Å². The first-order chi connectivity index (χ1) is 7.09. The lowest BCUT2D eigenvalue weighted by Crippen LogP contribution is -1.92. The molecular formula is C12H14N2O. The summed E-state index contributed by atoms with van der Waals surface area (Å²) in [6.07, 6.45) is 0. The van der Waals surface area contributed by atoms with Crippen LogP contribution in [0.3, 0.4) is 0 Å². The topological polar surface area (TPSA) is 38.0 Å². The summed E-state index contributed by atoms with van der Waals surface area (Å²) in [5.74, 6) is 0.287. The van der Waals surface area contributed by atoms with Gasteiger partial charge in [0.25, 0.3) is 0 Å². The summed E-state index contributed by atoms with van der Waals surface area (Å²) < 4.78 is 1.86. The van der Waals surface area contributed by atoms with Crippen molar-refractivity contribution >= 4 is 0 Å². The highest BCUT2D eigenvalue weighted by Crippen LogP contribution is 2.28. The normalized spacial score (nSPS) is 10.6. The summed E-state index contributed by atoms with van der Waals surface area (Å²) in [4.78, 5) is 0. The van der Waals surface area contributed by atoms with E-state index in [1.807, 2.05) is 37.7 Å². The standard InChI is InChI=1S/C12H14N2O/c1-8-12(9(2)14(3)13-8)10-5-4-6-11(15)7-10/h4-7,15H,1-3H3. The van der Waals surface area contributed by atoms with Gasteiger partial charge in [0, 0.05) is 18.3 Å². The Bertz CT molecular complexity index is 500. The lowest BCUT2D eigenvalue weighted by Gasteiger charge is -2.02. The van der Waals surface area contributed by atoms with Gasteiger partial charge in [-0.25, -0.2) is 0 Å². The first-order valence-corrected chi connectivity index (χ1v) is 4.89. The van der Waals surface area contributed by atoms with Gasteiger partial charge < -0.3 is 5.11 Å². The van der Waals surface area contributed by atoms with E-state index in [-0.39, 0.29) is 5.75 Å². The number of hydrogen-bond acceptors (Lipinski definition) is 2. The van der Waals surface area contributed by atoms with E-state index in [1.165, 1.54) is 0 Å². The Balaban J connectivity index is 2.63. The second kappa shape index (κ2) is 3.42. The summed E-state index contributed by atoms with van der Waals surface area (Å²) in [6, 6.07) is 7.26. The molecule has 3 nitrogen and oxygen atoms in total. The second-order valence-electron chi connectivity index (χ2n) is 3.72. The van der Waals surface area contributed by atoms with Gasteiger partial charge in [0.15, 0.2) is 0 Å². The minimum atomic E-state index is 0.287. The molecule has 0 spiro atoms. The Morgan fingerprint density at radius 1 is 1.27 bits per heavy atom. The second-order valence-corrected chi connectivity index (χ2v) is 3.72. The van der Waals surface area contributed by atoms with Gasteiger partial charge in [0.1, 0.15) is 5.75 Å². The van der Waals surface area contributed by atoms with E-state index in [2.05, 4.69) is 5.10 Å². The van der Waals surface area contributed by atoms with Gasteiger partial charge in [-0.2, -0.15) is 5.10 Å². The molecule has 15 heavy (non-hydrogen) atoms. The van der Waals surface area contributed by atoms with Crippen LogP contribution in [-0.4, -0.2) is 14.9 Å². The smallest absolute Gasteiger partial charge is 0.116 e. The number of aromatic hydroxyl groups is 1. The summed E-state index contributed by atoms with van der Waals surface area (Å²) in [7, 11) is 1.93. The van der Waals surface area contributed by atoms with Crippen LogP contribution in [0.25, 0.3) is 11.1 Å². The van der Waals surface area contributed by atoms with Crippen LogP contribution in [0.15, 0.2) is 24.3 Å². The van der Waals surface area contributed by atoms with Gasteiger partial charge in [-0.3, -0.25) is 4.68 Å². The van der Waals surface area contributed by atoms with Gasteiger partial charge >= 0.3 is 0 Å². The summed E-state index contributed by atoms with van der Waals surface area (Å²) in [6.45, 7) is 4.01. The molecular weight excluding hydrogens is 188 g/mol. The molecule has 1 heterocycles. The Hall–Kier alpha value is -1.77. The monoisotopic (exact) mass is 202 g/mol. The van der Waals surface area contributed by atoms with E-state index in [4.69, 9.17) is 0 Å². The van der Waals surface area contributed by atoms with Crippen molar-refractivity contribution in [3.8, 4) is 16.9 Å². The van der Waals surface area contributed by atoms with Crippen molar-refractivity contribution in [2.45, 2.75) is 13.8 Å². The van der Waals surface area contributed by atoms with Crippen LogP contribution in [0.1, 0.15) is 11.4 Å². The van der Waals surface area contributed by atoms with E-state index in [0.717, 1.165) is 22.5 Å². The van der Waals surface area contributed by atoms with Gasteiger partial charge in [0.2, 0.25) is 0 Å². The van der Waals surface area contributed by atoms with Crippen molar-refractivity contribution in [3.05, 3.63) is 35.7 Å². The van der Waals surface area contributed by atoms with Crippen molar-refractivity contribution in [3.63, 3.8) is 0 Å². The van der Waals surface area contributed by atoms with Gasteiger partial charge in [-0.1, -0.05) is 12.1 Å². The van der Waals surface area contributed by atoms with Crippen LogP contribution in [0.2, 0.25) is 0 Å². The van der Waals surface area contributed by atoms with Crippen molar-refractivity contribution in [1.29, 1.82) is 0 Å². The quantitative estimate of drug-likeness (QED) is 0.771. The summed E-state index contributed by atoms with van der Waals surface area (Å²) in [5.41, 5.74) is 4.21. The zero-order chi connectivity index (χ0) is 11.0. The van der Waals surface area contributed by atoms with Crippen LogP contribution in [-0.2, 0) is 7.05 Å². The van der Waals surface area contributed by atoms with E-state index in [0.29, 0.717) is 0 Å².